The summed E-state index contributed by atoms with van der Waals surface area (Å²) in [5.74, 6) is -5.29. The van der Waals surface area contributed by atoms with E-state index < -0.39 is 46.6 Å². The van der Waals surface area contributed by atoms with Crippen LogP contribution in [0.2, 0.25) is 0 Å². The van der Waals surface area contributed by atoms with Crippen LogP contribution in [0.5, 0.6) is 0 Å². The van der Waals surface area contributed by atoms with Crippen LogP contribution in [0.3, 0.4) is 0 Å². The lowest BCUT2D eigenvalue weighted by atomic mass is 9.86. The van der Waals surface area contributed by atoms with E-state index in [9.17, 15) is 32.4 Å². The first-order valence-electron chi connectivity index (χ1n) is 17.0. The third-order valence-electron chi connectivity index (χ3n) is 8.83. The topological polar surface area (TPSA) is 164 Å². The summed E-state index contributed by atoms with van der Waals surface area (Å²) in [7, 11) is 0. The van der Waals surface area contributed by atoms with Crippen LogP contribution in [0.4, 0.5) is 17.6 Å². The maximum atomic E-state index is 14.0. The van der Waals surface area contributed by atoms with Crippen molar-refractivity contribution in [3.05, 3.63) is 131 Å². The van der Waals surface area contributed by atoms with Gasteiger partial charge in [0, 0.05) is 13.0 Å². The van der Waals surface area contributed by atoms with Crippen molar-refractivity contribution in [2.24, 2.45) is 5.73 Å². The molecule has 14 heteroatoms. The third-order valence-corrected chi connectivity index (χ3v) is 8.83. The number of nitrogens with zero attached hydrogens (tertiary/aromatic N) is 6. The van der Waals surface area contributed by atoms with Gasteiger partial charge in [-0.1, -0.05) is 48.5 Å². The average Bonchev–Trinajstić information content (AvgIpc) is 3.78. The molecule has 0 aliphatic carbocycles. The van der Waals surface area contributed by atoms with Crippen LogP contribution in [-0.4, -0.2) is 36.0 Å². The highest BCUT2D eigenvalue weighted by Gasteiger charge is 2.20. The summed E-state index contributed by atoms with van der Waals surface area (Å²) in [6.07, 6.45) is 3.33. The second-order valence-corrected chi connectivity index (χ2v) is 13.7. The first kappa shape index (κ1) is 41.4. The van der Waals surface area contributed by atoms with Crippen molar-refractivity contribution in [3.8, 4) is 12.1 Å². The summed E-state index contributed by atoms with van der Waals surface area (Å²) in [5, 5.41) is 26.6. The Morgan fingerprint density at radius 3 is 1.51 bits per heavy atom. The van der Waals surface area contributed by atoms with Crippen LogP contribution in [0.15, 0.2) is 85.5 Å². The molecule has 2 heterocycles. The molecular formula is C41H39F4N7O3. The summed E-state index contributed by atoms with van der Waals surface area (Å²) in [4.78, 5) is 30.5. The van der Waals surface area contributed by atoms with Crippen molar-refractivity contribution < 1.29 is 32.3 Å². The lowest BCUT2D eigenvalue weighted by Crippen LogP contribution is -2.14. The molecule has 2 aromatic heterocycles. The lowest BCUT2D eigenvalue weighted by Gasteiger charge is -2.15. The number of fused-ring (bicyclic) bond motifs is 2. The number of halogens is 4. The molecule has 6 aromatic rings. The van der Waals surface area contributed by atoms with E-state index >= 15 is 0 Å². The molecule has 3 N–H and O–H groups in total. The monoisotopic (exact) mass is 753 g/mol. The van der Waals surface area contributed by atoms with E-state index in [4.69, 9.17) is 16.1 Å². The molecule has 0 amide bonds. The Morgan fingerprint density at radius 1 is 0.691 bits per heavy atom. The van der Waals surface area contributed by atoms with E-state index in [-0.39, 0.29) is 35.3 Å². The Labute approximate surface area is 315 Å². The van der Waals surface area contributed by atoms with Crippen LogP contribution in [0, 0.1) is 45.9 Å². The molecule has 0 atom stereocenters. The Bertz CT molecular complexity index is 2390. The minimum atomic E-state index is -1.14. The second kappa shape index (κ2) is 17.6. The zero-order valence-corrected chi connectivity index (χ0v) is 30.7. The van der Waals surface area contributed by atoms with Gasteiger partial charge in [-0.25, -0.2) is 27.5 Å². The second-order valence-electron chi connectivity index (χ2n) is 13.7. The van der Waals surface area contributed by atoms with E-state index in [1.807, 2.05) is 76.2 Å². The number of aliphatic carboxylic acids is 1. The quantitative estimate of drug-likeness (QED) is 0.135. The van der Waals surface area contributed by atoms with Gasteiger partial charge in [-0.3, -0.25) is 9.59 Å². The number of benzene rings is 4. The Balaban J connectivity index is 0.000000202. The van der Waals surface area contributed by atoms with Crippen molar-refractivity contribution in [3.63, 3.8) is 0 Å². The van der Waals surface area contributed by atoms with Crippen LogP contribution in [-0.2, 0) is 46.5 Å². The Morgan fingerprint density at radius 2 is 1.11 bits per heavy atom. The molecule has 6 rings (SSSR count). The predicted octanol–water partition coefficient (Wildman–Crippen LogP) is 7.66. The largest absolute Gasteiger partial charge is 0.480 e. The predicted molar refractivity (Wildman–Crippen MR) is 198 cm³/mol. The molecule has 4 aromatic carbocycles. The average molecular weight is 754 g/mol. The number of Topliss-reactive ketones (excluding diaryl/α,β-unsaturated/α-hetero) is 1. The Kier molecular flexibility index (Phi) is 13.3. The van der Waals surface area contributed by atoms with Gasteiger partial charge in [-0.15, -0.1) is 0 Å². The van der Waals surface area contributed by atoms with Crippen LogP contribution < -0.4 is 5.73 Å². The molecule has 0 spiro atoms. The number of carboxylic acid groups (broad SMARTS) is 1. The van der Waals surface area contributed by atoms with Crippen LogP contribution >= 0.6 is 0 Å². The highest BCUT2D eigenvalue weighted by molar-refractivity contribution is 5.82. The fourth-order valence-corrected chi connectivity index (χ4v) is 5.41. The molecule has 0 saturated carbocycles. The van der Waals surface area contributed by atoms with E-state index in [0.717, 1.165) is 39.0 Å². The number of nitriles is 2. The molecule has 0 fully saturated rings. The van der Waals surface area contributed by atoms with Crippen molar-refractivity contribution in [2.75, 3.05) is 0 Å². The molecule has 10 nitrogen and oxygen atoms in total. The number of rotatable bonds is 10. The number of aromatic nitrogens is 4. The zero-order valence-electron chi connectivity index (χ0n) is 30.7. The van der Waals surface area contributed by atoms with Gasteiger partial charge >= 0.3 is 5.97 Å². The summed E-state index contributed by atoms with van der Waals surface area (Å²) >= 11 is 0. The van der Waals surface area contributed by atoms with Crippen LogP contribution in [0.1, 0.15) is 56.4 Å². The minimum Gasteiger partial charge on any atom is -0.480 e. The molecule has 284 valence electrons. The van der Waals surface area contributed by atoms with Gasteiger partial charge in [0.05, 0.1) is 53.2 Å². The number of imidazole rings is 2. The van der Waals surface area contributed by atoms with Gasteiger partial charge in [0.25, 0.3) is 0 Å². The molecule has 0 saturated heterocycles. The molecule has 55 heavy (non-hydrogen) atoms. The molecule has 0 bridgehead atoms. The fraction of sp³-hybridized carbons (Fsp3) is 0.268. The summed E-state index contributed by atoms with van der Waals surface area (Å²) in [5.41, 5.74) is 8.96. The summed E-state index contributed by atoms with van der Waals surface area (Å²) in [6, 6.07) is 24.6. The van der Waals surface area contributed by atoms with Gasteiger partial charge in [0.2, 0.25) is 0 Å². The zero-order chi connectivity index (χ0) is 40.5. The van der Waals surface area contributed by atoms with Crippen molar-refractivity contribution in [1.82, 2.24) is 19.1 Å². The number of hydrogen-bond donors (Lipinski definition) is 2. The Hall–Kier alpha value is -6.38. The lowest BCUT2D eigenvalue weighted by molar-refractivity contribution is -0.137. The highest BCUT2D eigenvalue weighted by atomic mass is 19.2. The number of hydrogen-bond acceptors (Lipinski definition) is 7. The normalized spacial score (nSPS) is 11.2. The molecule has 0 radical (unpaired) electrons. The fourth-order valence-electron chi connectivity index (χ4n) is 5.41. The first-order chi connectivity index (χ1) is 26.0. The van der Waals surface area contributed by atoms with Crippen LogP contribution in [0.25, 0.3) is 22.1 Å². The SMILES string of the molecule is CC(C)(C#N)c1ccc(CCC(=O)Cn2cnc3ccc(F)c(F)c32)cc1.CC(C)(C#N)c1ccc(CN)cc1.O=C(O)Cn1cnc2ccc(F)c(F)c21. The summed E-state index contributed by atoms with van der Waals surface area (Å²) < 4.78 is 56.0. The summed E-state index contributed by atoms with van der Waals surface area (Å²) in [6.45, 7) is 7.56. The molecular weight excluding hydrogens is 714 g/mol. The maximum absolute atomic E-state index is 14.0. The van der Waals surface area contributed by atoms with Crippen molar-refractivity contribution in [1.29, 1.82) is 10.5 Å². The van der Waals surface area contributed by atoms with Gasteiger partial charge in [-0.2, -0.15) is 10.5 Å². The number of ketones is 1. The van der Waals surface area contributed by atoms with Gasteiger partial charge in [0.1, 0.15) is 17.6 Å². The maximum Gasteiger partial charge on any atom is 0.323 e. The third kappa shape index (κ3) is 10.2. The number of nitrogens with two attached hydrogens (primary N) is 1. The van der Waals surface area contributed by atoms with E-state index in [2.05, 4.69) is 22.1 Å². The van der Waals surface area contributed by atoms with E-state index in [1.165, 1.54) is 29.4 Å². The minimum absolute atomic E-state index is 0.00596. The standard InChI is InChI=1S/C21H19F2N3O.C11H14N2.C9H6F2N2O2/c1-21(2,12-24)15-6-3-14(4-7-15)5-8-16(27)11-26-13-25-18-10-9-17(22)19(23)20(18)26;1-11(2,8-13)10-5-3-9(7-12)4-6-10;10-5-1-2-6-9(8(5)11)13(4-12-6)3-7(14)15/h3-4,6-7,9-10,13H,5,8,11H2,1-2H3;3-6H,7,12H2,1-2H3;1-2,4H,3H2,(H,14,15). The number of carboxylic acids is 1. The van der Waals surface area contributed by atoms with Crippen molar-refractivity contribution in [2.45, 2.75) is 71.0 Å². The number of carbonyl (C=O) groups excluding carboxylic acids is 1. The highest BCUT2D eigenvalue weighted by Crippen LogP contribution is 2.24. The number of aryl methyl sites for hydroxylation is 1. The molecule has 0 aliphatic heterocycles. The van der Waals surface area contributed by atoms with Gasteiger partial charge < -0.3 is 20.0 Å². The van der Waals surface area contributed by atoms with Gasteiger partial charge in [-0.05, 0) is 80.6 Å². The van der Waals surface area contributed by atoms with Crippen molar-refractivity contribution >= 4 is 33.8 Å². The molecule has 0 unspecified atom stereocenters. The van der Waals surface area contributed by atoms with E-state index in [0.29, 0.717) is 18.5 Å². The van der Waals surface area contributed by atoms with Gasteiger partial charge in [0.15, 0.2) is 29.1 Å². The number of carbonyl (C=O) groups is 2. The smallest absolute Gasteiger partial charge is 0.323 e. The first-order valence-corrected chi connectivity index (χ1v) is 17.0. The molecule has 0 aliphatic rings. The van der Waals surface area contributed by atoms with E-state index in [1.54, 1.807) is 0 Å².